The lowest BCUT2D eigenvalue weighted by molar-refractivity contribution is 0.215. The Kier molecular flexibility index (Phi) is 6.42. The van der Waals surface area contributed by atoms with E-state index in [2.05, 4.69) is 35.6 Å². The van der Waals surface area contributed by atoms with Gasteiger partial charge in [-0.1, -0.05) is 16.8 Å². The third-order valence-corrected chi connectivity index (χ3v) is 4.60. The number of oxime groups is 1. The molecule has 0 aliphatic rings. The number of aromatic nitrogens is 3. The monoisotopic (exact) mass is 433 g/mol. The highest BCUT2D eigenvalue weighted by Gasteiger charge is 2.13. The van der Waals surface area contributed by atoms with Crippen LogP contribution in [0.1, 0.15) is 11.3 Å². The van der Waals surface area contributed by atoms with Crippen LogP contribution in [-0.2, 0) is 4.84 Å². The lowest BCUT2D eigenvalue weighted by atomic mass is 10.3. The van der Waals surface area contributed by atoms with Gasteiger partial charge in [-0.2, -0.15) is 0 Å². The van der Waals surface area contributed by atoms with Gasteiger partial charge in [0.25, 0.3) is 0 Å². The molecule has 0 radical (unpaired) electrons. The fraction of sp³-hybridized carbons (Fsp3) is 0.118. The van der Waals surface area contributed by atoms with E-state index in [1.54, 1.807) is 12.1 Å². The molecule has 1 aromatic carbocycles. The summed E-state index contributed by atoms with van der Waals surface area (Å²) in [5.41, 5.74) is 7.40. The van der Waals surface area contributed by atoms with Crippen LogP contribution in [-0.4, -0.2) is 34.3 Å². The fourth-order valence-electron chi connectivity index (χ4n) is 2.13. The highest BCUT2D eigenvalue weighted by molar-refractivity contribution is 7.13. The number of carbonyl (C=O) groups excluding carboxylic acids is 1. The van der Waals surface area contributed by atoms with Crippen LogP contribution >= 0.6 is 22.9 Å². The van der Waals surface area contributed by atoms with Gasteiger partial charge in [0.2, 0.25) is 5.88 Å². The Hall–Kier alpha value is -3.44. The first-order valence-corrected chi connectivity index (χ1v) is 9.36. The summed E-state index contributed by atoms with van der Waals surface area (Å²) in [6, 6.07) is 4.28. The highest BCUT2D eigenvalue weighted by Crippen LogP contribution is 2.31. The molecule has 0 saturated heterocycles. The molecule has 3 rings (SSSR count). The molecule has 2 aromatic heterocycles. The van der Waals surface area contributed by atoms with Gasteiger partial charge in [0.1, 0.15) is 30.6 Å². The van der Waals surface area contributed by atoms with E-state index in [9.17, 15) is 4.79 Å². The quantitative estimate of drug-likeness (QED) is 0.396. The van der Waals surface area contributed by atoms with E-state index in [1.165, 1.54) is 37.1 Å². The van der Waals surface area contributed by atoms with Crippen molar-refractivity contribution in [2.75, 3.05) is 23.5 Å². The number of benzene rings is 1. The number of carbonyl (C=O) groups is 1. The number of rotatable bonds is 6. The number of nitrogens with zero attached hydrogens (tertiary/aromatic N) is 4. The molecule has 2 heterocycles. The number of anilines is 3. The molecule has 0 aliphatic carbocycles. The Morgan fingerprint density at radius 1 is 1.34 bits per heavy atom. The summed E-state index contributed by atoms with van der Waals surface area (Å²) < 4.78 is 5.73. The molecule has 4 N–H and O–H groups in total. The number of halogens is 1. The van der Waals surface area contributed by atoms with Gasteiger partial charge in [0, 0.05) is 11.4 Å². The van der Waals surface area contributed by atoms with Gasteiger partial charge in [-0.15, -0.1) is 11.3 Å². The summed E-state index contributed by atoms with van der Waals surface area (Å²) in [4.78, 5) is 28.9. The third kappa shape index (κ3) is 5.30. The number of nitrogens with two attached hydrogens (primary N) is 1. The molecule has 12 heteroatoms. The number of urea groups is 1. The number of hydrogen-bond donors (Lipinski definition) is 3. The minimum atomic E-state index is -0.462. The SMILES string of the molecule is CON=Cc1c(N)ncnc1Oc1ccc(NC(=O)Nc2nc(C)cs2)c(Cl)c1. The Morgan fingerprint density at radius 2 is 2.17 bits per heavy atom. The topological polar surface area (TPSA) is 137 Å². The molecule has 29 heavy (non-hydrogen) atoms. The maximum atomic E-state index is 12.1. The Labute approximate surface area is 174 Å². The molecular formula is C17H16ClN7O3S. The molecule has 0 bridgehead atoms. The van der Waals surface area contributed by atoms with Crippen molar-refractivity contribution in [1.82, 2.24) is 15.0 Å². The zero-order valence-electron chi connectivity index (χ0n) is 15.3. The average molecular weight is 434 g/mol. The van der Waals surface area contributed by atoms with E-state index in [-0.39, 0.29) is 16.7 Å². The van der Waals surface area contributed by atoms with Crippen LogP contribution in [0, 0.1) is 6.92 Å². The number of amides is 2. The van der Waals surface area contributed by atoms with Gasteiger partial charge >= 0.3 is 6.03 Å². The second-order valence-electron chi connectivity index (χ2n) is 5.51. The second-order valence-corrected chi connectivity index (χ2v) is 6.78. The molecule has 150 valence electrons. The maximum absolute atomic E-state index is 12.1. The van der Waals surface area contributed by atoms with Crippen molar-refractivity contribution in [3.63, 3.8) is 0 Å². The van der Waals surface area contributed by atoms with Crippen LogP contribution in [0.2, 0.25) is 5.02 Å². The molecule has 0 unspecified atom stereocenters. The lowest BCUT2D eigenvalue weighted by Gasteiger charge is -2.11. The van der Waals surface area contributed by atoms with Crippen molar-refractivity contribution >= 4 is 51.8 Å². The predicted molar refractivity (Wildman–Crippen MR) is 112 cm³/mol. The summed E-state index contributed by atoms with van der Waals surface area (Å²) in [6.07, 6.45) is 2.60. The molecule has 0 saturated carbocycles. The average Bonchev–Trinajstić information content (AvgIpc) is 3.08. The Morgan fingerprint density at radius 3 is 2.86 bits per heavy atom. The van der Waals surface area contributed by atoms with E-state index < -0.39 is 6.03 Å². The van der Waals surface area contributed by atoms with Crippen LogP contribution in [0.25, 0.3) is 0 Å². The molecule has 3 aromatic rings. The predicted octanol–water partition coefficient (Wildman–Crippen LogP) is 3.89. The van der Waals surface area contributed by atoms with E-state index in [0.29, 0.717) is 22.1 Å². The van der Waals surface area contributed by atoms with E-state index >= 15 is 0 Å². The molecule has 0 atom stereocenters. The van der Waals surface area contributed by atoms with Gasteiger partial charge in [-0.3, -0.25) is 5.32 Å². The Balaban J connectivity index is 1.72. The number of aryl methyl sites for hydroxylation is 1. The van der Waals surface area contributed by atoms with E-state index in [1.807, 2.05) is 12.3 Å². The summed E-state index contributed by atoms with van der Waals surface area (Å²) in [7, 11) is 1.40. The highest BCUT2D eigenvalue weighted by atomic mass is 35.5. The lowest BCUT2D eigenvalue weighted by Crippen LogP contribution is -2.19. The second kappa shape index (κ2) is 9.17. The van der Waals surface area contributed by atoms with Crippen LogP contribution in [0.5, 0.6) is 11.6 Å². The van der Waals surface area contributed by atoms with Crippen LogP contribution < -0.4 is 21.1 Å². The first-order valence-electron chi connectivity index (χ1n) is 8.11. The van der Waals surface area contributed by atoms with E-state index in [4.69, 9.17) is 22.1 Å². The van der Waals surface area contributed by atoms with Gasteiger partial charge < -0.3 is 20.6 Å². The molecule has 0 aliphatic heterocycles. The van der Waals surface area contributed by atoms with Gasteiger partial charge in [-0.25, -0.2) is 19.7 Å². The number of hydrogen-bond acceptors (Lipinski definition) is 9. The number of thiazole rings is 1. The van der Waals surface area contributed by atoms with Crippen molar-refractivity contribution in [1.29, 1.82) is 0 Å². The first kappa shape index (κ1) is 20.3. The number of nitrogens with one attached hydrogen (secondary N) is 2. The van der Waals surface area contributed by atoms with Gasteiger partial charge in [-0.05, 0) is 19.1 Å². The minimum absolute atomic E-state index is 0.173. The Bertz CT molecular complexity index is 1060. The van der Waals surface area contributed by atoms with Crippen LogP contribution in [0.15, 0.2) is 35.1 Å². The minimum Gasteiger partial charge on any atom is -0.438 e. The summed E-state index contributed by atoms with van der Waals surface area (Å²) >= 11 is 7.59. The van der Waals surface area contributed by atoms with E-state index in [0.717, 1.165) is 5.69 Å². The maximum Gasteiger partial charge on any atom is 0.325 e. The molecule has 10 nitrogen and oxygen atoms in total. The molecule has 0 fully saturated rings. The molecule has 0 spiro atoms. The van der Waals surface area contributed by atoms with Gasteiger partial charge in [0.15, 0.2) is 5.13 Å². The summed E-state index contributed by atoms with van der Waals surface area (Å²) in [5.74, 6) is 0.725. The van der Waals surface area contributed by atoms with Crippen molar-refractivity contribution in [3.05, 3.63) is 46.2 Å². The van der Waals surface area contributed by atoms with Crippen molar-refractivity contribution in [3.8, 4) is 11.6 Å². The largest absolute Gasteiger partial charge is 0.438 e. The zero-order chi connectivity index (χ0) is 20.8. The summed E-state index contributed by atoms with van der Waals surface area (Å²) in [6.45, 7) is 1.84. The first-order chi connectivity index (χ1) is 14.0. The van der Waals surface area contributed by atoms with Crippen molar-refractivity contribution < 1.29 is 14.4 Å². The number of nitrogen functional groups attached to an aromatic ring is 1. The van der Waals surface area contributed by atoms with Crippen molar-refractivity contribution in [2.45, 2.75) is 6.92 Å². The van der Waals surface area contributed by atoms with Crippen molar-refractivity contribution in [2.24, 2.45) is 5.16 Å². The standard InChI is InChI=1S/C17H16ClN7O3S/c1-9-7-29-17(23-9)25-16(26)24-13-4-3-10(5-12(13)18)28-15-11(6-22-27-2)14(19)20-8-21-15/h3-8H,1-2H3,(H2,19,20,21)(H2,23,24,25,26). The van der Waals surface area contributed by atoms with Gasteiger partial charge in [0.05, 0.1) is 22.6 Å². The summed E-state index contributed by atoms with van der Waals surface area (Å²) in [5, 5.41) is 11.5. The molecular weight excluding hydrogens is 418 g/mol. The fourth-order valence-corrected chi connectivity index (χ4v) is 3.04. The normalized spacial score (nSPS) is 10.7. The number of ether oxygens (including phenoxy) is 1. The van der Waals surface area contributed by atoms with Crippen LogP contribution in [0.3, 0.4) is 0 Å². The van der Waals surface area contributed by atoms with Crippen LogP contribution in [0.4, 0.5) is 21.4 Å². The third-order valence-electron chi connectivity index (χ3n) is 3.41. The molecule has 2 amide bonds. The zero-order valence-corrected chi connectivity index (χ0v) is 16.9. The smallest absolute Gasteiger partial charge is 0.325 e.